The average molecular weight is 262 g/mol. The fraction of sp³-hybridized carbons (Fsp3) is 0.625. The van der Waals surface area contributed by atoms with E-state index >= 15 is 0 Å². The molecule has 1 aliphatic rings. The van der Waals surface area contributed by atoms with E-state index in [1.54, 1.807) is 0 Å². The molecular formula is C16H26N2O. The Morgan fingerprint density at radius 3 is 2.89 bits per heavy atom. The Bertz CT molecular complexity index is 411. The van der Waals surface area contributed by atoms with Gasteiger partial charge in [0.2, 0.25) is 0 Å². The van der Waals surface area contributed by atoms with Crippen LogP contribution in [-0.2, 0) is 11.2 Å². The van der Waals surface area contributed by atoms with E-state index in [1.807, 2.05) is 0 Å². The van der Waals surface area contributed by atoms with Gasteiger partial charge in [0.1, 0.15) is 0 Å². The first-order chi connectivity index (χ1) is 9.06. The monoisotopic (exact) mass is 262 g/mol. The van der Waals surface area contributed by atoms with E-state index in [0.717, 1.165) is 19.6 Å². The summed E-state index contributed by atoms with van der Waals surface area (Å²) >= 11 is 0. The van der Waals surface area contributed by atoms with Crippen LogP contribution in [0.2, 0.25) is 0 Å². The summed E-state index contributed by atoms with van der Waals surface area (Å²) in [7, 11) is 2.15. The van der Waals surface area contributed by atoms with Crippen LogP contribution in [0.4, 0.5) is 5.69 Å². The highest BCUT2D eigenvalue weighted by Gasteiger charge is 2.19. The highest BCUT2D eigenvalue weighted by molar-refractivity contribution is 5.55. The highest BCUT2D eigenvalue weighted by Crippen LogP contribution is 2.24. The van der Waals surface area contributed by atoms with Gasteiger partial charge in [-0.3, -0.25) is 0 Å². The molecule has 2 rings (SSSR count). The maximum Gasteiger partial charge on any atom is 0.0750 e. The van der Waals surface area contributed by atoms with E-state index in [4.69, 9.17) is 10.5 Å². The summed E-state index contributed by atoms with van der Waals surface area (Å²) in [5.74, 6) is 0. The lowest BCUT2D eigenvalue weighted by Crippen LogP contribution is -2.30. The highest BCUT2D eigenvalue weighted by atomic mass is 16.5. The van der Waals surface area contributed by atoms with E-state index in [9.17, 15) is 0 Å². The summed E-state index contributed by atoms with van der Waals surface area (Å²) in [6, 6.07) is 6.83. The number of nitrogens with two attached hydrogens (primary N) is 1. The Hall–Kier alpha value is -1.06. The van der Waals surface area contributed by atoms with Crippen LogP contribution in [0.5, 0.6) is 0 Å². The molecule has 3 nitrogen and oxygen atoms in total. The molecule has 0 saturated carbocycles. The van der Waals surface area contributed by atoms with Crippen LogP contribution >= 0.6 is 0 Å². The minimum Gasteiger partial charge on any atom is -0.376 e. The van der Waals surface area contributed by atoms with Crippen LogP contribution in [-0.4, -0.2) is 32.3 Å². The number of anilines is 1. The van der Waals surface area contributed by atoms with Crippen LogP contribution in [0.25, 0.3) is 0 Å². The van der Waals surface area contributed by atoms with Crippen LogP contribution in [0, 0.1) is 6.92 Å². The van der Waals surface area contributed by atoms with Gasteiger partial charge in [-0.15, -0.1) is 0 Å². The molecule has 1 aromatic carbocycles. The summed E-state index contributed by atoms with van der Waals surface area (Å²) in [5, 5.41) is 0. The first-order valence-corrected chi connectivity index (χ1v) is 7.24. The summed E-state index contributed by atoms with van der Waals surface area (Å²) < 4.78 is 5.72. The van der Waals surface area contributed by atoms with Gasteiger partial charge < -0.3 is 15.4 Å². The number of hydrogen-bond acceptors (Lipinski definition) is 3. The molecule has 2 N–H and O–H groups in total. The summed E-state index contributed by atoms with van der Waals surface area (Å²) in [4.78, 5) is 2.31. The van der Waals surface area contributed by atoms with Gasteiger partial charge in [-0.05, 0) is 44.7 Å². The van der Waals surface area contributed by atoms with Crippen LogP contribution in [0.3, 0.4) is 0 Å². The third kappa shape index (κ3) is 3.95. The Morgan fingerprint density at radius 2 is 2.26 bits per heavy atom. The molecule has 0 aliphatic carbocycles. The van der Waals surface area contributed by atoms with Gasteiger partial charge in [0.15, 0.2) is 0 Å². The number of aryl methyl sites for hydroxylation is 1. The lowest BCUT2D eigenvalue weighted by molar-refractivity contribution is 0.116. The lowest BCUT2D eigenvalue weighted by Gasteiger charge is -2.26. The van der Waals surface area contributed by atoms with Crippen LogP contribution in [0.1, 0.15) is 30.9 Å². The van der Waals surface area contributed by atoms with Crippen molar-refractivity contribution in [3.05, 3.63) is 29.3 Å². The summed E-state index contributed by atoms with van der Waals surface area (Å²) in [5.41, 5.74) is 9.89. The zero-order valence-electron chi connectivity index (χ0n) is 12.4. The van der Waals surface area contributed by atoms with Crippen molar-refractivity contribution in [2.75, 3.05) is 25.1 Å². The Balaban J connectivity index is 2.12. The largest absolute Gasteiger partial charge is 0.376 e. The molecular weight excluding hydrogens is 236 g/mol. The maximum atomic E-state index is 5.96. The van der Waals surface area contributed by atoms with Crippen molar-refractivity contribution in [1.82, 2.24) is 0 Å². The van der Waals surface area contributed by atoms with Crippen molar-refractivity contribution < 1.29 is 4.74 Å². The standard InChI is InChI=1S/C16H26N2O/c1-12-6-7-16(14(9-12)10-13(2)17)18(3)11-15-5-4-8-19-15/h6-7,9,13,15H,4-5,8,10-11,17H2,1-3H3. The Labute approximate surface area is 116 Å². The van der Waals surface area contributed by atoms with Gasteiger partial charge in [0.25, 0.3) is 0 Å². The second-order valence-electron chi connectivity index (χ2n) is 5.83. The molecule has 0 radical (unpaired) electrons. The molecule has 0 spiro atoms. The lowest BCUT2D eigenvalue weighted by atomic mass is 10.0. The van der Waals surface area contributed by atoms with Crippen molar-refractivity contribution in [3.8, 4) is 0 Å². The van der Waals surface area contributed by atoms with Gasteiger partial charge >= 0.3 is 0 Å². The predicted octanol–water partition coefficient (Wildman–Crippen LogP) is 2.50. The van der Waals surface area contributed by atoms with Gasteiger partial charge in [-0.25, -0.2) is 0 Å². The molecule has 1 aliphatic heterocycles. The molecule has 2 unspecified atom stereocenters. The number of hydrogen-bond donors (Lipinski definition) is 1. The zero-order chi connectivity index (χ0) is 13.8. The van der Waals surface area contributed by atoms with Gasteiger partial charge in [-0.1, -0.05) is 17.7 Å². The number of likely N-dealkylation sites (N-methyl/N-ethyl adjacent to an activating group) is 1. The number of nitrogens with zero attached hydrogens (tertiary/aromatic N) is 1. The average Bonchev–Trinajstić information content (AvgIpc) is 2.80. The second kappa shape index (κ2) is 6.40. The summed E-state index contributed by atoms with van der Waals surface area (Å²) in [6.45, 7) is 6.08. The van der Waals surface area contributed by atoms with E-state index in [2.05, 4.69) is 44.0 Å². The van der Waals surface area contributed by atoms with Gasteiger partial charge in [0.05, 0.1) is 6.10 Å². The quantitative estimate of drug-likeness (QED) is 0.886. The van der Waals surface area contributed by atoms with Crippen molar-refractivity contribution in [3.63, 3.8) is 0 Å². The molecule has 2 atom stereocenters. The summed E-state index contributed by atoms with van der Waals surface area (Å²) in [6.07, 6.45) is 3.68. The van der Waals surface area contributed by atoms with E-state index in [-0.39, 0.29) is 6.04 Å². The first-order valence-electron chi connectivity index (χ1n) is 7.24. The molecule has 1 aromatic rings. The first kappa shape index (κ1) is 14.4. The van der Waals surface area contributed by atoms with Crippen molar-refractivity contribution in [2.24, 2.45) is 5.73 Å². The molecule has 0 amide bonds. The zero-order valence-corrected chi connectivity index (χ0v) is 12.4. The Morgan fingerprint density at radius 1 is 1.47 bits per heavy atom. The molecule has 0 bridgehead atoms. The van der Waals surface area contributed by atoms with Crippen LogP contribution in [0.15, 0.2) is 18.2 Å². The van der Waals surface area contributed by atoms with E-state index < -0.39 is 0 Å². The molecule has 1 saturated heterocycles. The molecule has 1 heterocycles. The Kier molecular flexibility index (Phi) is 4.83. The SMILES string of the molecule is Cc1ccc(N(C)CC2CCCO2)c(CC(C)N)c1. The van der Waals surface area contributed by atoms with Gasteiger partial charge in [-0.2, -0.15) is 0 Å². The molecule has 19 heavy (non-hydrogen) atoms. The van der Waals surface area contributed by atoms with E-state index in [0.29, 0.717) is 6.10 Å². The van der Waals surface area contributed by atoms with Crippen molar-refractivity contribution in [2.45, 2.75) is 45.3 Å². The van der Waals surface area contributed by atoms with Crippen LogP contribution < -0.4 is 10.6 Å². The van der Waals surface area contributed by atoms with Crippen molar-refractivity contribution >= 4 is 5.69 Å². The van der Waals surface area contributed by atoms with E-state index in [1.165, 1.54) is 29.7 Å². The number of ether oxygens (including phenoxy) is 1. The number of benzene rings is 1. The predicted molar refractivity (Wildman–Crippen MR) is 80.8 cm³/mol. The maximum absolute atomic E-state index is 5.96. The fourth-order valence-corrected chi connectivity index (χ4v) is 2.79. The third-order valence-electron chi connectivity index (χ3n) is 3.69. The second-order valence-corrected chi connectivity index (χ2v) is 5.83. The molecule has 0 aromatic heterocycles. The van der Waals surface area contributed by atoms with Gasteiger partial charge in [0, 0.05) is 31.9 Å². The minimum absolute atomic E-state index is 0.191. The topological polar surface area (TPSA) is 38.5 Å². The smallest absolute Gasteiger partial charge is 0.0750 e. The minimum atomic E-state index is 0.191. The molecule has 106 valence electrons. The molecule has 3 heteroatoms. The molecule has 1 fully saturated rings. The number of rotatable bonds is 5. The normalized spacial score (nSPS) is 20.5. The van der Waals surface area contributed by atoms with Crippen molar-refractivity contribution in [1.29, 1.82) is 0 Å². The third-order valence-corrected chi connectivity index (χ3v) is 3.69. The fourth-order valence-electron chi connectivity index (χ4n) is 2.79.